The van der Waals surface area contributed by atoms with Gasteiger partial charge in [-0.3, -0.25) is 5.43 Å². The molecule has 0 bridgehead atoms. The van der Waals surface area contributed by atoms with Crippen LogP contribution in [0, 0.1) is 0 Å². The zero-order valence-electron chi connectivity index (χ0n) is 13.7. The molecule has 10 nitrogen and oxygen atoms in total. The van der Waals surface area contributed by atoms with Crippen LogP contribution in [0.2, 0.25) is 0 Å². The minimum absolute atomic E-state index is 0.0400. The molecule has 0 saturated carbocycles. The highest BCUT2D eigenvalue weighted by molar-refractivity contribution is 5.85. The number of nitrogens with zero attached hydrogens (tertiary/aromatic N) is 5. The second-order valence-corrected chi connectivity index (χ2v) is 5.44. The Balaban J connectivity index is 1.63. The zero-order chi connectivity index (χ0) is 18.6. The third-order valence-corrected chi connectivity index (χ3v) is 3.54. The molecule has 0 radical (unpaired) electrons. The molecule has 10 heteroatoms. The van der Waals surface area contributed by atoms with Crippen molar-refractivity contribution in [1.29, 1.82) is 0 Å². The van der Waals surface area contributed by atoms with E-state index < -0.39 is 0 Å². The van der Waals surface area contributed by atoms with E-state index in [1.807, 2.05) is 30.3 Å². The van der Waals surface area contributed by atoms with Gasteiger partial charge in [0.2, 0.25) is 11.3 Å². The zero-order valence-corrected chi connectivity index (χ0v) is 13.7. The van der Waals surface area contributed by atoms with E-state index in [-0.39, 0.29) is 28.6 Å². The van der Waals surface area contributed by atoms with Gasteiger partial charge in [0.05, 0.1) is 6.21 Å². The van der Waals surface area contributed by atoms with Gasteiger partial charge in [-0.05, 0) is 34.6 Å². The highest BCUT2D eigenvalue weighted by atomic mass is 16.6. The SMILES string of the molecule is Oc1ccc(/C=N/Nc2nc3nonc3nc2Nc2ccccc2)c(O)c1. The smallest absolute Gasteiger partial charge is 0.245 e. The fourth-order valence-electron chi connectivity index (χ4n) is 2.27. The molecular formula is C17H13N7O3. The van der Waals surface area contributed by atoms with Crippen LogP contribution in [0.5, 0.6) is 11.5 Å². The Hall–Kier alpha value is -4.21. The first-order valence-electron chi connectivity index (χ1n) is 7.82. The van der Waals surface area contributed by atoms with Crippen molar-refractivity contribution in [3.8, 4) is 11.5 Å². The molecule has 0 aliphatic carbocycles. The molecule has 4 N–H and O–H groups in total. The number of phenolic OH excluding ortho intramolecular Hbond substituents is 2. The summed E-state index contributed by atoms with van der Waals surface area (Å²) in [6.07, 6.45) is 1.38. The van der Waals surface area contributed by atoms with E-state index in [1.165, 1.54) is 24.4 Å². The van der Waals surface area contributed by atoms with Crippen molar-refractivity contribution >= 4 is 34.8 Å². The summed E-state index contributed by atoms with van der Waals surface area (Å²) in [6, 6.07) is 13.6. The van der Waals surface area contributed by atoms with Gasteiger partial charge in [0.25, 0.3) is 0 Å². The number of phenols is 2. The Bertz CT molecular complexity index is 1110. The molecule has 2 heterocycles. The Morgan fingerprint density at radius 2 is 1.67 bits per heavy atom. The summed E-state index contributed by atoms with van der Waals surface area (Å²) in [5.41, 5.74) is 4.44. The maximum Gasteiger partial charge on any atom is 0.245 e. The Kier molecular flexibility index (Phi) is 4.19. The van der Waals surface area contributed by atoms with Crippen LogP contribution in [0.15, 0.2) is 58.3 Å². The van der Waals surface area contributed by atoms with E-state index >= 15 is 0 Å². The molecule has 0 fully saturated rings. The Morgan fingerprint density at radius 1 is 0.926 bits per heavy atom. The molecule has 4 aromatic rings. The predicted molar refractivity (Wildman–Crippen MR) is 98.1 cm³/mol. The number of nitrogens with one attached hydrogen (secondary N) is 2. The van der Waals surface area contributed by atoms with Crippen molar-refractivity contribution < 1.29 is 14.8 Å². The number of fused-ring (bicyclic) bond motifs is 1. The highest BCUT2D eigenvalue weighted by Gasteiger charge is 2.12. The standard InChI is InChI=1S/C17H13N7O3/c25-12-7-6-10(13(26)8-12)9-18-22-15-14(19-11-4-2-1-3-5-11)20-16-17(21-15)24-27-23-16/h1-9,25-26H,(H,19,20,23)(H,21,22,24)/b18-9+. The van der Waals surface area contributed by atoms with Gasteiger partial charge < -0.3 is 15.5 Å². The van der Waals surface area contributed by atoms with Crippen LogP contribution < -0.4 is 10.7 Å². The fourth-order valence-corrected chi connectivity index (χ4v) is 2.27. The summed E-state index contributed by atoms with van der Waals surface area (Å²) in [5.74, 6) is 0.514. The van der Waals surface area contributed by atoms with Gasteiger partial charge in [-0.1, -0.05) is 18.2 Å². The van der Waals surface area contributed by atoms with Crippen LogP contribution in [0.4, 0.5) is 17.3 Å². The molecule has 134 valence electrons. The summed E-state index contributed by atoms with van der Waals surface area (Å²) in [5, 5.41) is 33.7. The second kappa shape index (κ2) is 6.96. The predicted octanol–water partition coefficient (Wildman–Crippen LogP) is 2.61. The number of hydrogen-bond donors (Lipinski definition) is 4. The van der Waals surface area contributed by atoms with Gasteiger partial charge in [-0.25, -0.2) is 9.61 Å². The van der Waals surface area contributed by atoms with E-state index in [2.05, 4.69) is 40.8 Å². The number of aromatic nitrogens is 4. The van der Waals surface area contributed by atoms with Crippen LogP contribution in [0.3, 0.4) is 0 Å². The lowest BCUT2D eigenvalue weighted by atomic mass is 10.2. The average molecular weight is 363 g/mol. The van der Waals surface area contributed by atoms with Gasteiger partial charge >= 0.3 is 0 Å². The Morgan fingerprint density at radius 3 is 2.41 bits per heavy atom. The molecule has 0 atom stereocenters. The van der Waals surface area contributed by atoms with Gasteiger partial charge in [-0.15, -0.1) is 0 Å². The van der Waals surface area contributed by atoms with Crippen molar-refractivity contribution in [2.75, 3.05) is 10.7 Å². The molecule has 0 aliphatic rings. The van der Waals surface area contributed by atoms with E-state index in [0.717, 1.165) is 5.69 Å². The minimum atomic E-state index is -0.106. The molecule has 0 aliphatic heterocycles. The lowest BCUT2D eigenvalue weighted by Gasteiger charge is -2.09. The third-order valence-electron chi connectivity index (χ3n) is 3.54. The number of hydrogen-bond acceptors (Lipinski definition) is 10. The molecule has 0 spiro atoms. The first-order valence-corrected chi connectivity index (χ1v) is 7.82. The van der Waals surface area contributed by atoms with Crippen molar-refractivity contribution in [2.24, 2.45) is 5.10 Å². The third kappa shape index (κ3) is 3.58. The lowest BCUT2D eigenvalue weighted by molar-refractivity contribution is 0.314. The van der Waals surface area contributed by atoms with Crippen LogP contribution in [0.1, 0.15) is 5.56 Å². The van der Waals surface area contributed by atoms with Crippen LogP contribution >= 0.6 is 0 Å². The largest absolute Gasteiger partial charge is 0.508 e. The molecule has 27 heavy (non-hydrogen) atoms. The monoisotopic (exact) mass is 363 g/mol. The summed E-state index contributed by atoms with van der Waals surface area (Å²) < 4.78 is 4.65. The molecule has 0 amide bonds. The minimum Gasteiger partial charge on any atom is -0.508 e. The van der Waals surface area contributed by atoms with Gasteiger partial charge in [0.1, 0.15) is 11.5 Å². The summed E-state index contributed by atoms with van der Waals surface area (Å²) in [4.78, 5) is 8.60. The molecule has 0 saturated heterocycles. The highest BCUT2D eigenvalue weighted by Crippen LogP contribution is 2.24. The molecule has 4 rings (SSSR count). The summed E-state index contributed by atoms with van der Waals surface area (Å²) in [7, 11) is 0. The van der Waals surface area contributed by atoms with Crippen molar-refractivity contribution in [1.82, 2.24) is 20.3 Å². The summed E-state index contributed by atoms with van der Waals surface area (Å²) in [6.45, 7) is 0. The van der Waals surface area contributed by atoms with Crippen molar-refractivity contribution in [2.45, 2.75) is 0 Å². The quantitative estimate of drug-likeness (QED) is 0.311. The van der Waals surface area contributed by atoms with E-state index in [0.29, 0.717) is 11.4 Å². The first kappa shape index (κ1) is 16.3. The van der Waals surface area contributed by atoms with Crippen LogP contribution in [-0.4, -0.2) is 36.7 Å². The molecule has 0 unspecified atom stereocenters. The van der Waals surface area contributed by atoms with Crippen molar-refractivity contribution in [3.05, 3.63) is 54.1 Å². The summed E-state index contributed by atoms with van der Waals surface area (Å²) >= 11 is 0. The number of para-hydroxylation sites is 1. The number of rotatable bonds is 5. The number of benzene rings is 2. The maximum absolute atomic E-state index is 9.80. The van der Waals surface area contributed by atoms with E-state index in [4.69, 9.17) is 0 Å². The molecular weight excluding hydrogens is 350 g/mol. The first-order chi connectivity index (χ1) is 13.2. The fraction of sp³-hybridized carbons (Fsp3) is 0. The number of hydrazone groups is 1. The molecule has 2 aromatic heterocycles. The topological polar surface area (TPSA) is 142 Å². The van der Waals surface area contributed by atoms with E-state index in [9.17, 15) is 10.2 Å². The van der Waals surface area contributed by atoms with Gasteiger partial charge in [0, 0.05) is 17.3 Å². The second-order valence-electron chi connectivity index (χ2n) is 5.44. The number of aromatic hydroxyl groups is 2. The van der Waals surface area contributed by atoms with Gasteiger partial charge in [-0.2, -0.15) is 10.1 Å². The van der Waals surface area contributed by atoms with Crippen molar-refractivity contribution in [3.63, 3.8) is 0 Å². The Labute approximate surface area is 152 Å². The van der Waals surface area contributed by atoms with Gasteiger partial charge in [0.15, 0.2) is 11.6 Å². The number of anilines is 3. The van der Waals surface area contributed by atoms with Crippen LogP contribution in [0.25, 0.3) is 11.3 Å². The normalized spacial score (nSPS) is 11.1. The average Bonchev–Trinajstić information content (AvgIpc) is 3.11. The molecule has 2 aromatic carbocycles. The lowest BCUT2D eigenvalue weighted by Crippen LogP contribution is -2.03. The van der Waals surface area contributed by atoms with E-state index in [1.54, 1.807) is 0 Å². The maximum atomic E-state index is 9.80. The van der Waals surface area contributed by atoms with Crippen LogP contribution in [-0.2, 0) is 0 Å².